The molecular weight excluding hydrogens is 495 g/mol. The van der Waals surface area contributed by atoms with Crippen LogP contribution in [0, 0.1) is 0 Å². The fourth-order valence-electron chi connectivity index (χ4n) is 4.19. The lowest BCUT2D eigenvalue weighted by molar-refractivity contribution is -0.190. The molecule has 0 aliphatic rings. The smallest absolute Gasteiger partial charge is 0.470 e. The number of hydrogen-bond donors (Lipinski definition) is 2. The van der Waals surface area contributed by atoms with E-state index in [1.165, 1.54) is 108 Å². The highest BCUT2D eigenvalue weighted by Gasteiger charge is 2.47. The molecule has 0 aliphatic carbocycles. The summed E-state index contributed by atoms with van der Waals surface area (Å²) in [6, 6.07) is 0. The van der Waals surface area contributed by atoms with Gasteiger partial charge in [-0.2, -0.15) is 11.8 Å². The molecule has 0 aliphatic heterocycles. The summed E-state index contributed by atoms with van der Waals surface area (Å²) >= 11 is 2.03. The van der Waals surface area contributed by atoms with E-state index in [0.717, 1.165) is 6.42 Å². The Morgan fingerprint density at radius 3 is 1.81 bits per heavy atom. The molecule has 0 fully saturated rings. The van der Waals surface area contributed by atoms with Crippen molar-refractivity contribution in [2.75, 3.05) is 19.0 Å². The standard InChI is InChI=1S/C28H55O6PS/c1-4-6-8-10-11-12-13-14-15-17-19-24-36-26(21-18-16-9-7-5-2)25(3)33-22-20-23-34-28(31,35-32)27(29)30/h25-26,31H,4-24H2,1-3H3,(H,29,30)/p+1. The van der Waals surface area contributed by atoms with Crippen molar-refractivity contribution in [2.24, 2.45) is 0 Å². The Balaban J connectivity index is 4.14. The lowest BCUT2D eigenvalue weighted by Crippen LogP contribution is -2.36. The van der Waals surface area contributed by atoms with Crippen LogP contribution < -0.4 is 0 Å². The zero-order valence-electron chi connectivity index (χ0n) is 23.4. The molecule has 6 nitrogen and oxygen atoms in total. The first-order valence-electron chi connectivity index (χ1n) is 14.6. The first-order chi connectivity index (χ1) is 17.4. The van der Waals surface area contributed by atoms with Crippen LogP contribution in [0.4, 0.5) is 0 Å². The van der Waals surface area contributed by atoms with E-state index < -0.39 is 20.0 Å². The second kappa shape index (κ2) is 25.1. The van der Waals surface area contributed by atoms with Gasteiger partial charge >= 0.3 is 20.0 Å². The maximum absolute atomic E-state index is 10.9. The van der Waals surface area contributed by atoms with E-state index in [0.29, 0.717) is 18.3 Å². The van der Waals surface area contributed by atoms with E-state index in [2.05, 4.69) is 20.8 Å². The van der Waals surface area contributed by atoms with E-state index in [1.807, 2.05) is 11.8 Å². The van der Waals surface area contributed by atoms with Crippen molar-refractivity contribution in [3.05, 3.63) is 0 Å². The number of ether oxygens (including phenoxy) is 2. The van der Waals surface area contributed by atoms with E-state index >= 15 is 0 Å². The lowest BCUT2D eigenvalue weighted by Gasteiger charge is -2.24. The molecule has 0 aromatic heterocycles. The SMILES string of the molecule is CCCCCCCCCCCCCSC(CCCCCCC)C(C)OCCCOC(O)([PH+]=O)C(=O)O. The molecule has 36 heavy (non-hydrogen) atoms. The third-order valence-electron chi connectivity index (χ3n) is 6.60. The summed E-state index contributed by atoms with van der Waals surface area (Å²) in [6.07, 6.45) is 23.0. The molecule has 4 atom stereocenters. The fourth-order valence-corrected chi connectivity index (χ4v) is 5.80. The average Bonchev–Trinajstić information content (AvgIpc) is 2.87. The van der Waals surface area contributed by atoms with Gasteiger partial charge in [0.2, 0.25) is 0 Å². The normalized spacial score (nSPS) is 15.1. The van der Waals surface area contributed by atoms with Crippen LogP contribution in [-0.4, -0.2) is 52.0 Å². The Bertz CT molecular complexity index is 524. The van der Waals surface area contributed by atoms with Crippen LogP contribution in [0.5, 0.6) is 0 Å². The van der Waals surface area contributed by atoms with Gasteiger partial charge in [-0.3, -0.25) is 0 Å². The van der Waals surface area contributed by atoms with Crippen LogP contribution in [0.3, 0.4) is 0 Å². The number of thioether (sulfide) groups is 1. The zero-order chi connectivity index (χ0) is 26.9. The molecule has 214 valence electrons. The molecule has 4 unspecified atom stereocenters. The number of unbranched alkanes of at least 4 members (excludes halogenated alkanes) is 14. The third-order valence-corrected chi connectivity index (χ3v) is 8.81. The van der Waals surface area contributed by atoms with Crippen molar-refractivity contribution in [2.45, 2.75) is 153 Å². The average molecular weight is 552 g/mol. The highest BCUT2D eigenvalue weighted by Crippen LogP contribution is 2.26. The van der Waals surface area contributed by atoms with Gasteiger partial charge in [0.15, 0.2) is 0 Å². The van der Waals surface area contributed by atoms with E-state index in [1.54, 1.807) is 0 Å². The Morgan fingerprint density at radius 1 is 0.806 bits per heavy atom. The second-order valence-electron chi connectivity index (χ2n) is 9.98. The summed E-state index contributed by atoms with van der Waals surface area (Å²) in [5.74, 6) is -0.462. The van der Waals surface area contributed by atoms with Crippen molar-refractivity contribution in [3.63, 3.8) is 0 Å². The van der Waals surface area contributed by atoms with Crippen molar-refractivity contribution >= 4 is 26.2 Å². The first kappa shape index (κ1) is 35.8. The van der Waals surface area contributed by atoms with Gasteiger partial charge in [-0.05, 0) is 31.9 Å². The highest BCUT2D eigenvalue weighted by molar-refractivity contribution is 7.99. The van der Waals surface area contributed by atoms with E-state index in [4.69, 9.17) is 14.6 Å². The molecule has 0 aromatic rings. The predicted molar refractivity (Wildman–Crippen MR) is 154 cm³/mol. The van der Waals surface area contributed by atoms with Crippen LogP contribution in [0.15, 0.2) is 0 Å². The number of aliphatic carboxylic acids is 1. The van der Waals surface area contributed by atoms with Crippen LogP contribution in [-0.2, 0) is 18.8 Å². The number of aliphatic hydroxyl groups is 1. The molecule has 0 bridgehead atoms. The quantitative estimate of drug-likeness (QED) is 0.0573. The Morgan fingerprint density at radius 2 is 1.31 bits per heavy atom. The molecule has 0 aromatic carbocycles. The monoisotopic (exact) mass is 551 g/mol. The minimum atomic E-state index is -2.61. The topological polar surface area (TPSA) is 93.1 Å². The van der Waals surface area contributed by atoms with Crippen LogP contribution >= 0.6 is 20.2 Å². The van der Waals surface area contributed by atoms with Gasteiger partial charge in [-0.25, -0.2) is 4.79 Å². The molecule has 2 N–H and O–H groups in total. The lowest BCUT2D eigenvalue weighted by atomic mass is 10.1. The summed E-state index contributed by atoms with van der Waals surface area (Å²) in [4.78, 5) is 10.9. The molecular formula is C28H56O6PS+. The Hall–Kier alpha value is -0.200. The van der Waals surface area contributed by atoms with Crippen LogP contribution in [0.1, 0.15) is 136 Å². The summed E-state index contributed by atoms with van der Waals surface area (Å²) in [6.45, 7) is 7.03. The minimum absolute atomic E-state index is 0.0155. The Kier molecular flexibility index (Phi) is 25.0. The maximum Gasteiger partial charge on any atom is 0.470 e. The second-order valence-corrected chi connectivity index (χ2v) is 12.2. The maximum atomic E-state index is 10.9. The van der Waals surface area contributed by atoms with Crippen molar-refractivity contribution in [1.29, 1.82) is 0 Å². The van der Waals surface area contributed by atoms with Crippen molar-refractivity contribution in [3.8, 4) is 0 Å². The number of carbonyl (C=O) groups is 1. The molecule has 0 saturated carbocycles. The zero-order valence-corrected chi connectivity index (χ0v) is 25.3. The highest BCUT2D eigenvalue weighted by atomic mass is 32.2. The van der Waals surface area contributed by atoms with Gasteiger partial charge in [0.25, 0.3) is 0 Å². The minimum Gasteiger partial charge on any atom is -0.474 e. The molecule has 0 rings (SSSR count). The molecule has 0 saturated heterocycles. The van der Waals surface area contributed by atoms with Gasteiger partial charge in [0.05, 0.1) is 12.7 Å². The van der Waals surface area contributed by atoms with Gasteiger partial charge < -0.3 is 19.7 Å². The first-order valence-corrected chi connectivity index (χ1v) is 16.6. The van der Waals surface area contributed by atoms with Crippen LogP contribution in [0.25, 0.3) is 0 Å². The number of hydrogen-bond acceptors (Lipinski definition) is 6. The third kappa shape index (κ3) is 19.9. The summed E-state index contributed by atoms with van der Waals surface area (Å²) in [5.41, 5.74) is -2.61. The molecule has 0 radical (unpaired) electrons. The Labute approximate surface area is 227 Å². The summed E-state index contributed by atoms with van der Waals surface area (Å²) < 4.78 is 21.9. The largest absolute Gasteiger partial charge is 0.474 e. The summed E-state index contributed by atoms with van der Waals surface area (Å²) in [7, 11) is -1.48. The molecule has 8 heteroatoms. The van der Waals surface area contributed by atoms with Crippen LogP contribution in [0.2, 0.25) is 0 Å². The van der Waals surface area contributed by atoms with Gasteiger partial charge in [0.1, 0.15) is 0 Å². The van der Waals surface area contributed by atoms with E-state index in [9.17, 15) is 14.5 Å². The van der Waals surface area contributed by atoms with Gasteiger partial charge in [-0.15, -0.1) is 0 Å². The molecule has 0 amide bonds. The van der Waals surface area contributed by atoms with Crippen molar-refractivity contribution in [1.82, 2.24) is 0 Å². The molecule has 0 heterocycles. The van der Waals surface area contributed by atoms with Gasteiger partial charge in [-0.1, -0.05) is 115 Å². The summed E-state index contributed by atoms with van der Waals surface area (Å²) in [5, 5.41) is 19.0. The molecule has 0 spiro atoms. The van der Waals surface area contributed by atoms with Crippen molar-refractivity contribution < 1.29 is 29.0 Å². The number of rotatable bonds is 28. The van der Waals surface area contributed by atoms with E-state index in [-0.39, 0.29) is 12.7 Å². The fraction of sp³-hybridized carbons (Fsp3) is 0.964. The number of carboxylic acid groups (broad SMARTS) is 1. The van der Waals surface area contributed by atoms with Gasteiger partial charge in [0, 0.05) is 11.9 Å². The predicted octanol–water partition coefficient (Wildman–Crippen LogP) is 8.33. The number of carboxylic acids is 1.